The molecular weight excluding hydrogens is 256 g/mol. The molecule has 0 radical (unpaired) electrons. The van der Waals surface area contributed by atoms with Gasteiger partial charge in [-0.2, -0.15) is 5.10 Å². The van der Waals surface area contributed by atoms with Crippen LogP contribution in [0.2, 0.25) is 0 Å². The molecule has 3 aromatic rings. The number of carbonyl (C=O) groups is 1. The Bertz CT molecular complexity index is 730. The molecule has 0 spiro atoms. The molecule has 0 aliphatic heterocycles. The van der Waals surface area contributed by atoms with Gasteiger partial charge in [-0.15, -0.1) is 0 Å². The number of fused-ring (bicyclic) bond motifs is 1. The predicted molar refractivity (Wildman–Crippen MR) is 72.5 cm³/mol. The van der Waals surface area contributed by atoms with Gasteiger partial charge in [-0.25, -0.2) is 9.31 Å². The normalized spacial score (nSPS) is 10.8. The number of esters is 1. The lowest BCUT2D eigenvalue weighted by molar-refractivity contribution is 0.0528. The molecule has 0 unspecified atom stereocenters. The fourth-order valence-corrected chi connectivity index (χ4v) is 2.13. The average Bonchev–Trinajstić information content (AvgIpc) is 3.03. The number of imidazole rings is 1. The van der Waals surface area contributed by atoms with E-state index >= 15 is 0 Å². The van der Waals surface area contributed by atoms with Crippen LogP contribution in [-0.2, 0) is 11.3 Å². The van der Waals surface area contributed by atoms with Crippen LogP contribution >= 0.6 is 0 Å². The van der Waals surface area contributed by atoms with Crippen LogP contribution in [0.4, 0.5) is 0 Å². The topological polar surface area (TPSA) is 61.4 Å². The first kappa shape index (κ1) is 12.4. The van der Waals surface area contributed by atoms with E-state index in [-0.39, 0.29) is 5.97 Å². The summed E-state index contributed by atoms with van der Waals surface area (Å²) in [5.74, 6) is -0.353. The predicted octanol–water partition coefficient (Wildman–Crippen LogP) is 1.76. The van der Waals surface area contributed by atoms with Crippen LogP contribution in [0, 0.1) is 0 Å². The van der Waals surface area contributed by atoms with Gasteiger partial charge in [0.25, 0.3) is 0 Å². The van der Waals surface area contributed by atoms with Crippen molar-refractivity contribution < 1.29 is 9.53 Å². The number of nitrogens with zero attached hydrogens (tertiary/aromatic N) is 4. The van der Waals surface area contributed by atoms with E-state index in [1.807, 2.05) is 29.1 Å². The molecule has 0 bridgehead atoms. The molecule has 0 aromatic carbocycles. The Kier molecular flexibility index (Phi) is 3.20. The smallest absolute Gasteiger partial charge is 0.343 e. The van der Waals surface area contributed by atoms with Crippen LogP contribution in [0.5, 0.6) is 0 Å². The summed E-state index contributed by atoms with van der Waals surface area (Å²) >= 11 is 0. The summed E-state index contributed by atoms with van der Waals surface area (Å²) in [6.07, 6.45) is 8.77. The Labute approximate surface area is 115 Å². The maximum atomic E-state index is 11.9. The van der Waals surface area contributed by atoms with Gasteiger partial charge >= 0.3 is 5.97 Å². The molecule has 6 nitrogen and oxygen atoms in total. The second-order valence-electron chi connectivity index (χ2n) is 4.33. The van der Waals surface area contributed by atoms with Crippen LogP contribution in [0.1, 0.15) is 22.8 Å². The molecule has 0 amide bonds. The number of hydrogen-bond donors (Lipinski definition) is 0. The van der Waals surface area contributed by atoms with Gasteiger partial charge in [0.2, 0.25) is 0 Å². The van der Waals surface area contributed by atoms with E-state index in [4.69, 9.17) is 4.74 Å². The molecule has 0 saturated carbocycles. The van der Waals surface area contributed by atoms with Gasteiger partial charge < -0.3 is 9.30 Å². The van der Waals surface area contributed by atoms with E-state index in [0.29, 0.717) is 18.7 Å². The van der Waals surface area contributed by atoms with Crippen LogP contribution in [0.25, 0.3) is 5.65 Å². The Hall–Kier alpha value is -2.63. The highest BCUT2D eigenvalue weighted by Crippen LogP contribution is 2.15. The number of pyridine rings is 1. The van der Waals surface area contributed by atoms with Gasteiger partial charge in [0.05, 0.1) is 19.3 Å². The molecule has 0 saturated heterocycles. The lowest BCUT2D eigenvalue weighted by Crippen LogP contribution is -2.07. The Morgan fingerprint density at radius 1 is 1.35 bits per heavy atom. The molecule has 3 aromatic heterocycles. The zero-order chi connectivity index (χ0) is 13.9. The highest BCUT2D eigenvalue weighted by Gasteiger charge is 2.17. The van der Waals surface area contributed by atoms with Crippen LogP contribution in [0.15, 0.2) is 43.1 Å². The fraction of sp³-hybridized carbons (Fsp3) is 0.214. The maximum Gasteiger partial charge on any atom is 0.343 e. The summed E-state index contributed by atoms with van der Waals surface area (Å²) in [4.78, 5) is 16.0. The van der Waals surface area contributed by atoms with Gasteiger partial charge in [-0.05, 0) is 18.6 Å². The fourth-order valence-electron chi connectivity index (χ4n) is 2.13. The SMILES string of the molecule is CCOC(=O)c1cnn2ccn(Cc3cccnc3)c12. The zero-order valence-corrected chi connectivity index (χ0v) is 11.1. The van der Waals surface area contributed by atoms with E-state index in [1.54, 1.807) is 23.8 Å². The lowest BCUT2D eigenvalue weighted by atomic mass is 10.3. The van der Waals surface area contributed by atoms with Gasteiger partial charge in [-0.3, -0.25) is 4.98 Å². The first-order valence-corrected chi connectivity index (χ1v) is 6.38. The minimum absolute atomic E-state index is 0.347. The lowest BCUT2D eigenvalue weighted by Gasteiger charge is -2.05. The molecule has 20 heavy (non-hydrogen) atoms. The number of ether oxygens (including phenoxy) is 1. The van der Waals surface area contributed by atoms with Gasteiger partial charge in [0.1, 0.15) is 5.56 Å². The number of hydrogen-bond acceptors (Lipinski definition) is 4. The molecule has 3 heterocycles. The molecule has 6 heteroatoms. The van der Waals surface area contributed by atoms with Gasteiger partial charge in [-0.1, -0.05) is 6.07 Å². The maximum absolute atomic E-state index is 11.9. The second kappa shape index (κ2) is 5.16. The third-order valence-corrected chi connectivity index (χ3v) is 3.00. The van der Waals surface area contributed by atoms with Crippen molar-refractivity contribution in [1.82, 2.24) is 19.2 Å². The van der Waals surface area contributed by atoms with E-state index in [2.05, 4.69) is 10.1 Å². The quantitative estimate of drug-likeness (QED) is 0.678. The van der Waals surface area contributed by atoms with Crippen molar-refractivity contribution in [2.75, 3.05) is 6.61 Å². The largest absolute Gasteiger partial charge is 0.462 e. The van der Waals surface area contributed by atoms with E-state index in [0.717, 1.165) is 11.2 Å². The second-order valence-corrected chi connectivity index (χ2v) is 4.33. The van der Waals surface area contributed by atoms with Crippen LogP contribution < -0.4 is 0 Å². The van der Waals surface area contributed by atoms with Crippen molar-refractivity contribution in [1.29, 1.82) is 0 Å². The summed E-state index contributed by atoms with van der Waals surface area (Å²) in [6.45, 7) is 2.76. The third-order valence-electron chi connectivity index (χ3n) is 3.00. The van der Waals surface area contributed by atoms with Crippen molar-refractivity contribution in [3.05, 3.63) is 54.2 Å². The Morgan fingerprint density at radius 2 is 2.25 bits per heavy atom. The summed E-state index contributed by atoms with van der Waals surface area (Å²) in [5, 5.41) is 4.16. The Balaban J connectivity index is 1.99. The zero-order valence-electron chi connectivity index (χ0n) is 11.1. The first-order chi connectivity index (χ1) is 9.79. The van der Waals surface area contributed by atoms with Crippen LogP contribution in [-0.4, -0.2) is 31.7 Å². The van der Waals surface area contributed by atoms with Gasteiger partial charge in [0.15, 0.2) is 5.65 Å². The van der Waals surface area contributed by atoms with Crippen molar-refractivity contribution in [3.8, 4) is 0 Å². The highest BCUT2D eigenvalue weighted by molar-refractivity contribution is 5.95. The third kappa shape index (κ3) is 2.16. The van der Waals surface area contributed by atoms with Gasteiger partial charge in [0, 0.05) is 24.8 Å². The molecule has 0 aliphatic rings. The molecule has 0 aliphatic carbocycles. The molecule has 0 fully saturated rings. The molecule has 0 atom stereocenters. The number of carbonyl (C=O) groups excluding carboxylic acids is 1. The van der Waals surface area contributed by atoms with Crippen molar-refractivity contribution in [2.24, 2.45) is 0 Å². The summed E-state index contributed by atoms with van der Waals surface area (Å²) < 4.78 is 8.67. The molecule has 3 rings (SSSR count). The van der Waals surface area contributed by atoms with E-state index in [1.165, 1.54) is 6.20 Å². The van der Waals surface area contributed by atoms with Crippen molar-refractivity contribution in [2.45, 2.75) is 13.5 Å². The summed E-state index contributed by atoms with van der Waals surface area (Å²) in [7, 11) is 0. The molecular formula is C14H14N4O2. The Morgan fingerprint density at radius 3 is 3.00 bits per heavy atom. The monoisotopic (exact) mass is 270 g/mol. The number of aromatic nitrogens is 4. The van der Waals surface area contributed by atoms with Crippen molar-refractivity contribution in [3.63, 3.8) is 0 Å². The summed E-state index contributed by atoms with van der Waals surface area (Å²) in [6, 6.07) is 3.88. The standard InChI is InChI=1S/C14H14N4O2/c1-2-20-14(19)12-9-16-18-7-6-17(13(12)18)10-11-4-3-5-15-8-11/h3-9H,2,10H2,1H3. The number of rotatable bonds is 4. The van der Waals surface area contributed by atoms with Crippen LogP contribution in [0.3, 0.4) is 0 Å². The molecule has 0 N–H and O–H groups in total. The summed E-state index contributed by atoms with van der Waals surface area (Å²) in [5.41, 5.74) is 2.26. The minimum atomic E-state index is -0.353. The molecule has 102 valence electrons. The highest BCUT2D eigenvalue weighted by atomic mass is 16.5. The average molecular weight is 270 g/mol. The van der Waals surface area contributed by atoms with E-state index < -0.39 is 0 Å². The van der Waals surface area contributed by atoms with Crippen molar-refractivity contribution >= 4 is 11.6 Å². The minimum Gasteiger partial charge on any atom is -0.462 e. The van der Waals surface area contributed by atoms with E-state index in [9.17, 15) is 4.79 Å². The first-order valence-electron chi connectivity index (χ1n) is 6.38.